The van der Waals surface area contributed by atoms with Crippen LogP contribution in [0.4, 0.5) is 5.95 Å². The van der Waals surface area contributed by atoms with Gasteiger partial charge in [0.15, 0.2) is 0 Å². The number of para-hydroxylation sites is 2. The summed E-state index contributed by atoms with van der Waals surface area (Å²) in [4.78, 5) is 16.4. The normalized spacial score (nSPS) is 12.3. The summed E-state index contributed by atoms with van der Waals surface area (Å²) < 4.78 is 5.37. The van der Waals surface area contributed by atoms with Gasteiger partial charge >= 0.3 is 0 Å². The highest BCUT2D eigenvalue weighted by Crippen LogP contribution is 2.19. The number of fused-ring (bicyclic) bond motifs is 1. The lowest BCUT2D eigenvalue weighted by atomic mass is 10.3. The Morgan fingerprint density at radius 1 is 1.24 bits per heavy atom. The highest BCUT2D eigenvalue weighted by Gasteiger charge is 2.12. The fourth-order valence-corrected chi connectivity index (χ4v) is 2.08. The first-order valence-electron chi connectivity index (χ1n) is 6.93. The summed E-state index contributed by atoms with van der Waals surface area (Å²) in [5, 5.41) is 3.22. The molecule has 0 fully saturated rings. The molecule has 0 spiro atoms. The largest absolute Gasteiger partial charge is 0.478 e. The second-order valence-corrected chi connectivity index (χ2v) is 4.66. The Hall–Kier alpha value is -2.63. The van der Waals surface area contributed by atoms with Crippen molar-refractivity contribution in [1.82, 2.24) is 19.9 Å². The Kier molecular flexibility index (Phi) is 3.68. The van der Waals surface area contributed by atoms with Gasteiger partial charge in [0.2, 0.25) is 11.8 Å². The molecule has 2 heterocycles. The molecule has 0 aliphatic heterocycles. The van der Waals surface area contributed by atoms with Gasteiger partial charge < -0.3 is 15.0 Å². The number of H-pyrrole nitrogens is 1. The molecular formula is C15H17N5O. The van der Waals surface area contributed by atoms with Gasteiger partial charge in [-0.1, -0.05) is 12.1 Å². The molecule has 0 amide bonds. The quantitative estimate of drug-likeness (QED) is 0.753. The maximum atomic E-state index is 5.37. The van der Waals surface area contributed by atoms with E-state index in [2.05, 4.69) is 25.3 Å². The van der Waals surface area contributed by atoms with Crippen molar-refractivity contribution >= 4 is 17.0 Å². The van der Waals surface area contributed by atoms with E-state index in [4.69, 9.17) is 4.74 Å². The Bertz CT molecular complexity index is 707. The monoisotopic (exact) mass is 283 g/mol. The highest BCUT2D eigenvalue weighted by atomic mass is 16.5. The van der Waals surface area contributed by atoms with Crippen LogP contribution in [0.3, 0.4) is 0 Å². The Morgan fingerprint density at radius 2 is 2.10 bits per heavy atom. The maximum Gasteiger partial charge on any atom is 0.226 e. The number of hydrogen-bond donors (Lipinski definition) is 2. The molecule has 21 heavy (non-hydrogen) atoms. The second kappa shape index (κ2) is 5.78. The predicted octanol–water partition coefficient (Wildman–Crippen LogP) is 2.92. The van der Waals surface area contributed by atoms with Crippen LogP contribution in [-0.2, 0) is 0 Å². The maximum absolute atomic E-state index is 5.37. The third-order valence-corrected chi connectivity index (χ3v) is 3.09. The molecule has 0 radical (unpaired) electrons. The van der Waals surface area contributed by atoms with Crippen LogP contribution in [0.2, 0.25) is 0 Å². The molecule has 0 saturated heterocycles. The van der Waals surface area contributed by atoms with Crippen molar-refractivity contribution in [3.63, 3.8) is 0 Å². The molecule has 3 rings (SSSR count). The summed E-state index contributed by atoms with van der Waals surface area (Å²) in [6.07, 6.45) is 1.67. The fourth-order valence-electron chi connectivity index (χ4n) is 2.08. The standard InChI is InChI=1S/C15H17N5O/c1-3-21-13-8-9-16-15(20-13)17-10(2)14-18-11-6-4-5-7-12(11)19-14/h4-10H,3H2,1-2H3,(H,18,19)(H,16,17,20)/t10-/m0/s1. The molecule has 2 N–H and O–H groups in total. The lowest BCUT2D eigenvalue weighted by Crippen LogP contribution is -2.11. The van der Waals surface area contributed by atoms with Gasteiger partial charge in [-0.05, 0) is 26.0 Å². The van der Waals surface area contributed by atoms with Crippen molar-refractivity contribution in [3.05, 3.63) is 42.4 Å². The molecular weight excluding hydrogens is 266 g/mol. The van der Waals surface area contributed by atoms with Crippen molar-refractivity contribution in [2.45, 2.75) is 19.9 Å². The number of aromatic nitrogens is 4. The summed E-state index contributed by atoms with van der Waals surface area (Å²) in [5.74, 6) is 1.93. The number of ether oxygens (including phenoxy) is 1. The number of anilines is 1. The molecule has 2 aromatic heterocycles. The molecule has 0 aliphatic carbocycles. The first-order valence-corrected chi connectivity index (χ1v) is 6.93. The third-order valence-electron chi connectivity index (χ3n) is 3.09. The van der Waals surface area contributed by atoms with Crippen LogP contribution in [-0.4, -0.2) is 26.5 Å². The van der Waals surface area contributed by atoms with Gasteiger partial charge in [-0.25, -0.2) is 9.97 Å². The molecule has 3 aromatic rings. The van der Waals surface area contributed by atoms with E-state index in [1.165, 1.54) is 0 Å². The minimum absolute atomic E-state index is 0.0331. The summed E-state index contributed by atoms with van der Waals surface area (Å²) in [6.45, 7) is 4.51. The van der Waals surface area contributed by atoms with E-state index < -0.39 is 0 Å². The van der Waals surface area contributed by atoms with Gasteiger partial charge in [0, 0.05) is 12.3 Å². The SMILES string of the molecule is CCOc1ccnc(N[C@@H](C)c2nc3ccccc3[nH]2)n1. The van der Waals surface area contributed by atoms with Gasteiger partial charge in [-0.15, -0.1) is 0 Å². The summed E-state index contributed by atoms with van der Waals surface area (Å²) in [5.41, 5.74) is 1.97. The van der Waals surface area contributed by atoms with E-state index in [1.807, 2.05) is 38.1 Å². The number of nitrogens with zero attached hydrogens (tertiary/aromatic N) is 3. The van der Waals surface area contributed by atoms with Crippen LogP contribution >= 0.6 is 0 Å². The van der Waals surface area contributed by atoms with Gasteiger partial charge in [-0.2, -0.15) is 4.98 Å². The van der Waals surface area contributed by atoms with Gasteiger partial charge in [0.25, 0.3) is 0 Å². The van der Waals surface area contributed by atoms with E-state index in [0.717, 1.165) is 16.9 Å². The summed E-state index contributed by atoms with van der Waals surface area (Å²) in [7, 11) is 0. The summed E-state index contributed by atoms with van der Waals surface area (Å²) in [6, 6.07) is 9.64. The molecule has 1 atom stereocenters. The first-order chi connectivity index (χ1) is 10.3. The van der Waals surface area contributed by atoms with E-state index >= 15 is 0 Å². The smallest absolute Gasteiger partial charge is 0.226 e. The van der Waals surface area contributed by atoms with Gasteiger partial charge in [-0.3, -0.25) is 0 Å². The average Bonchev–Trinajstić information content (AvgIpc) is 2.92. The zero-order valence-corrected chi connectivity index (χ0v) is 12.0. The lowest BCUT2D eigenvalue weighted by Gasteiger charge is -2.11. The number of aromatic amines is 1. The van der Waals surface area contributed by atoms with Crippen molar-refractivity contribution < 1.29 is 4.74 Å². The Morgan fingerprint density at radius 3 is 2.90 bits per heavy atom. The van der Waals surface area contributed by atoms with Crippen LogP contribution in [0.5, 0.6) is 5.88 Å². The van der Waals surface area contributed by atoms with E-state index in [-0.39, 0.29) is 6.04 Å². The first kappa shape index (κ1) is 13.4. The fraction of sp³-hybridized carbons (Fsp3) is 0.267. The molecule has 0 bridgehead atoms. The molecule has 6 heteroatoms. The number of benzene rings is 1. The Balaban J connectivity index is 1.79. The number of hydrogen-bond acceptors (Lipinski definition) is 5. The number of rotatable bonds is 5. The Labute approximate surface area is 122 Å². The van der Waals surface area contributed by atoms with E-state index in [0.29, 0.717) is 18.4 Å². The lowest BCUT2D eigenvalue weighted by molar-refractivity contribution is 0.326. The van der Waals surface area contributed by atoms with E-state index in [9.17, 15) is 0 Å². The number of imidazole rings is 1. The molecule has 0 unspecified atom stereocenters. The van der Waals surface area contributed by atoms with Crippen molar-refractivity contribution in [1.29, 1.82) is 0 Å². The molecule has 0 saturated carbocycles. The molecule has 108 valence electrons. The van der Waals surface area contributed by atoms with Crippen LogP contribution in [0, 0.1) is 0 Å². The van der Waals surface area contributed by atoms with E-state index in [1.54, 1.807) is 12.3 Å². The molecule has 6 nitrogen and oxygen atoms in total. The van der Waals surface area contributed by atoms with Crippen molar-refractivity contribution in [3.8, 4) is 5.88 Å². The molecule has 0 aliphatic rings. The average molecular weight is 283 g/mol. The van der Waals surface area contributed by atoms with Crippen LogP contribution in [0.25, 0.3) is 11.0 Å². The minimum Gasteiger partial charge on any atom is -0.478 e. The zero-order chi connectivity index (χ0) is 14.7. The van der Waals surface area contributed by atoms with Gasteiger partial charge in [0.05, 0.1) is 23.7 Å². The number of nitrogens with one attached hydrogen (secondary N) is 2. The highest BCUT2D eigenvalue weighted by molar-refractivity contribution is 5.74. The topological polar surface area (TPSA) is 75.7 Å². The van der Waals surface area contributed by atoms with Crippen molar-refractivity contribution in [2.75, 3.05) is 11.9 Å². The zero-order valence-electron chi connectivity index (χ0n) is 12.0. The van der Waals surface area contributed by atoms with Crippen LogP contribution in [0.1, 0.15) is 25.7 Å². The molecule has 1 aromatic carbocycles. The minimum atomic E-state index is -0.0331. The predicted molar refractivity (Wildman–Crippen MR) is 81.3 cm³/mol. The third kappa shape index (κ3) is 2.94. The summed E-state index contributed by atoms with van der Waals surface area (Å²) >= 11 is 0. The van der Waals surface area contributed by atoms with Crippen LogP contribution in [0.15, 0.2) is 36.5 Å². The van der Waals surface area contributed by atoms with Crippen molar-refractivity contribution in [2.24, 2.45) is 0 Å². The second-order valence-electron chi connectivity index (χ2n) is 4.66. The van der Waals surface area contributed by atoms with Gasteiger partial charge in [0.1, 0.15) is 5.82 Å². The van der Waals surface area contributed by atoms with Crippen LogP contribution < -0.4 is 10.1 Å².